The number of halogens is 1. The Hall–Kier alpha value is -1.87. The Morgan fingerprint density at radius 3 is 2.53 bits per heavy atom. The molecule has 0 saturated carbocycles. The summed E-state index contributed by atoms with van der Waals surface area (Å²) >= 11 is 0. The lowest BCUT2D eigenvalue weighted by Crippen LogP contribution is -2.02. The van der Waals surface area contributed by atoms with Gasteiger partial charge < -0.3 is 11.1 Å². The van der Waals surface area contributed by atoms with E-state index in [2.05, 4.69) is 5.32 Å². The largest absolute Gasteiger partial charge is 0.381 e. The van der Waals surface area contributed by atoms with Crippen molar-refractivity contribution in [2.75, 3.05) is 5.32 Å². The molecule has 0 aliphatic rings. The van der Waals surface area contributed by atoms with Gasteiger partial charge in [0.25, 0.3) is 0 Å². The lowest BCUT2D eigenvalue weighted by Gasteiger charge is -2.07. The first kappa shape index (κ1) is 11.6. The third-order valence-electron chi connectivity index (χ3n) is 2.55. The number of hydrogen-bond donors (Lipinski definition) is 2. The minimum atomic E-state index is -0.231. The van der Waals surface area contributed by atoms with Crippen LogP contribution in [-0.4, -0.2) is 0 Å². The molecule has 0 heterocycles. The van der Waals surface area contributed by atoms with Crippen LogP contribution in [0.4, 0.5) is 10.1 Å². The molecule has 88 valence electrons. The van der Waals surface area contributed by atoms with Gasteiger partial charge in [-0.15, -0.1) is 0 Å². The van der Waals surface area contributed by atoms with Crippen LogP contribution in [0.15, 0.2) is 48.5 Å². The van der Waals surface area contributed by atoms with Gasteiger partial charge in [-0.05, 0) is 29.3 Å². The average molecular weight is 230 g/mol. The second kappa shape index (κ2) is 5.46. The zero-order valence-corrected chi connectivity index (χ0v) is 9.49. The second-order valence-corrected chi connectivity index (χ2v) is 3.89. The minimum absolute atomic E-state index is 0.231. The van der Waals surface area contributed by atoms with Crippen molar-refractivity contribution in [3.8, 4) is 0 Å². The van der Waals surface area contributed by atoms with E-state index in [0.717, 1.165) is 16.8 Å². The van der Waals surface area contributed by atoms with Crippen LogP contribution in [0.1, 0.15) is 11.1 Å². The van der Waals surface area contributed by atoms with Gasteiger partial charge in [0.1, 0.15) is 5.82 Å². The van der Waals surface area contributed by atoms with Crippen molar-refractivity contribution < 1.29 is 4.39 Å². The van der Waals surface area contributed by atoms with Crippen molar-refractivity contribution in [2.45, 2.75) is 13.1 Å². The predicted molar refractivity (Wildman–Crippen MR) is 68.1 cm³/mol. The Kier molecular flexibility index (Phi) is 3.73. The number of nitrogens with two attached hydrogens (primary N) is 1. The molecule has 0 amide bonds. The Bertz CT molecular complexity index is 497. The molecule has 0 bridgehead atoms. The zero-order chi connectivity index (χ0) is 12.1. The smallest absolute Gasteiger partial charge is 0.125 e. The van der Waals surface area contributed by atoms with Gasteiger partial charge in [0.05, 0.1) is 0 Å². The Morgan fingerprint density at radius 2 is 1.76 bits per heavy atom. The second-order valence-electron chi connectivity index (χ2n) is 3.89. The molecule has 0 atom stereocenters. The molecule has 0 saturated heterocycles. The number of rotatable bonds is 4. The summed E-state index contributed by atoms with van der Waals surface area (Å²) in [7, 11) is 0. The van der Waals surface area contributed by atoms with E-state index in [0.29, 0.717) is 13.1 Å². The third kappa shape index (κ3) is 3.29. The van der Waals surface area contributed by atoms with E-state index in [1.165, 1.54) is 12.1 Å². The summed E-state index contributed by atoms with van der Waals surface area (Å²) in [4.78, 5) is 0. The molecule has 0 aromatic heterocycles. The first-order valence-electron chi connectivity index (χ1n) is 5.55. The standard InChI is InChI=1S/C14H15FN2/c15-13-5-2-6-14(8-13)17-10-12-4-1-3-11(7-12)9-16/h1-8,17H,9-10,16H2. The highest BCUT2D eigenvalue weighted by Gasteiger charge is 1.97. The van der Waals surface area contributed by atoms with E-state index in [1.54, 1.807) is 6.07 Å². The maximum absolute atomic E-state index is 13.0. The van der Waals surface area contributed by atoms with Gasteiger partial charge in [0, 0.05) is 18.8 Å². The molecule has 3 heteroatoms. The monoisotopic (exact) mass is 230 g/mol. The Balaban J connectivity index is 2.02. The van der Waals surface area contributed by atoms with Crippen LogP contribution in [-0.2, 0) is 13.1 Å². The first-order valence-corrected chi connectivity index (χ1v) is 5.55. The molecular formula is C14H15FN2. The lowest BCUT2D eigenvalue weighted by molar-refractivity contribution is 0.628. The number of nitrogens with one attached hydrogen (secondary N) is 1. The highest BCUT2D eigenvalue weighted by atomic mass is 19.1. The van der Waals surface area contributed by atoms with Gasteiger partial charge in [-0.2, -0.15) is 0 Å². The zero-order valence-electron chi connectivity index (χ0n) is 9.49. The summed E-state index contributed by atoms with van der Waals surface area (Å²) in [5.74, 6) is -0.231. The van der Waals surface area contributed by atoms with E-state index < -0.39 is 0 Å². The van der Waals surface area contributed by atoms with E-state index >= 15 is 0 Å². The summed E-state index contributed by atoms with van der Waals surface area (Å²) in [6.07, 6.45) is 0. The van der Waals surface area contributed by atoms with Crippen LogP contribution in [0.2, 0.25) is 0 Å². The van der Waals surface area contributed by atoms with E-state index in [1.807, 2.05) is 30.3 Å². The maximum atomic E-state index is 13.0. The number of benzene rings is 2. The Morgan fingerprint density at radius 1 is 1.00 bits per heavy atom. The van der Waals surface area contributed by atoms with Crippen LogP contribution in [0.3, 0.4) is 0 Å². The van der Waals surface area contributed by atoms with E-state index in [-0.39, 0.29) is 5.82 Å². The van der Waals surface area contributed by atoms with Gasteiger partial charge in [0.15, 0.2) is 0 Å². The van der Waals surface area contributed by atoms with Crippen molar-refractivity contribution in [1.29, 1.82) is 0 Å². The van der Waals surface area contributed by atoms with Gasteiger partial charge in [-0.3, -0.25) is 0 Å². The van der Waals surface area contributed by atoms with Crippen molar-refractivity contribution in [2.24, 2.45) is 5.73 Å². The van der Waals surface area contributed by atoms with Gasteiger partial charge in [0.2, 0.25) is 0 Å². The van der Waals surface area contributed by atoms with Gasteiger partial charge in [-0.1, -0.05) is 30.3 Å². The number of hydrogen-bond acceptors (Lipinski definition) is 2. The van der Waals surface area contributed by atoms with Crippen molar-refractivity contribution in [3.63, 3.8) is 0 Å². The molecule has 17 heavy (non-hydrogen) atoms. The predicted octanol–water partition coefficient (Wildman–Crippen LogP) is 2.90. The van der Waals surface area contributed by atoms with E-state index in [9.17, 15) is 4.39 Å². The topological polar surface area (TPSA) is 38.0 Å². The SMILES string of the molecule is NCc1cccc(CNc2cccc(F)c2)c1. The van der Waals surface area contributed by atoms with Crippen molar-refractivity contribution >= 4 is 5.69 Å². The molecule has 2 aromatic carbocycles. The fourth-order valence-electron chi connectivity index (χ4n) is 1.67. The number of anilines is 1. The van der Waals surface area contributed by atoms with Crippen molar-refractivity contribution in [3.05, 3.63) is 65.5 Å². The van der Waals surface area contributed by atoms with Crippen LogP contribution in [0.25, 0.3) is 0 Å². The highest BCUT2D eigenvalue weighted by molar-refractivity contribution is 5.43. The summed E-state index contributed by atoms with van der Waals surface area (Å²) in [6.45, 7) is 1.20. The Labute approximate surface area is 100 Å². The summed E-state index contributed by atoms with van der Waals surface area (Å²) < 4.78 is 13.0. The molecule has 0 radical (unpaired) electrons. The highest BCUT2D eigenvalue weighted by Crippen LogP contribution is 2.11. The van der Waals surface area contributed by atoms with Gasteiger partial charge >= 0.3 is 0 Å². The molecule has 2 nitrogen and oxygen atoms in total. The lowest BCUT2D eigenvalue weighted by atomic mass is 10.1. The molecule has 0 aliphatic heterocycles. The molecule has 0 aliphatic carbocycles. The van der Waals surface area contributed by atoms with E-state index in [4.69, 9.17) is 5.73 Å². The van der Waals surface area contributed by atoms with Crippen molar-refractivity contribution in [1.82, 2.24) is 0 Å². The molecule has 0 fully saturated rings. The van der Waals surface area contributed by atoms with Crippen LogP contribution in [0, 0.1) is 5.82 Å². The summed E-state index contributed by atoms with van der Waals surface area (Å²) in [6, 6.07) is 14.5. The third-order valence-corrected chi connectivity index (χ3v) is 2.55. The van der Waals surface area contributed by atoms with Crippen LogP contribution < -0.4 is 11.1 Å². The quantitative estimate of drug-likeness (QED) is 0.847. The minimum Gasteiger partial charge on any atom is -0.381 e. The first-order chi connectivity index (χ1) is 8.28. The maximum Gasteiger partial charge on any atom is 0.125 e. The normalized spacial score (nSPS) is 10.2. The molecule has 0 unspecified atom stereocenters. The average Bonchev–Trinajstić information content (AvgIpc) is 2.37. The molecule has 0 spiro atoms. The molecule has 2 rings (SSSR count). The molecule has 2 aromatic rings. The fourth-order valence-corrected chi connectivity index (χ4v) is 1.67. The molecular weight excluding hydrogens is 215 g/mol. The fraction of sp³-hybridized carbons (Fsp3) is 0.143. The van der Waals surface area contributed by atoms with Gasteiger partial charge in [-0.25, -0.2) is 4.39 Å². The summed E-state index contributed by atoms with van der Waals surface area (Å²) in [5.41, 5.74) is 8.59. The van der Waals surface area contributed by atoms with Crippen LogP contribution >= 0.6 is 0 Å². The van der Waals surface area contributed by atoms with Crippen LogP contribution in [0.5, 0.6) is 0 Å². The summed E-state index contributed by atoms with van der Waals surface area (Å²) in [5, 5.41) is 3.17. The molecule has 3 N–H and O–H groups in total.